The molecular formula is C14H23N3O2. The van der Waals surface area contributed by atoms with Crippen molar-refractivity contribution in [2.75, 3.05) is 13.1 Å². The number of nitrogens with zero attached hydrogens (tertiary/aromatic N) is 3. The van der Waals surface area contributed by atoms with Crippen LogP contribution >= 0.6 is 0 Å². The van der Waals surface area contributed by atoms with Crippen molar-refractivity contribution < 1.29 is 9.53 Å². The SMILES string of the molecule is CCn1cc(OC(C)C(=O)N2CCCCCC2)cn1. The summed E-state index contributed by atoms with van der Waals surface area (Å²) >= 11 is 0. The first kappa shape index (κ1) is 13.9. The van der Waals surface area contributed by atoms with Crippen LogP contribution in [-0.2, 0) is 11.3 Å². The fourth-order valence-corrected chi connectivity index (χ4v) is 2.38. The maximum Gasteiger partial charge on any atom is 0.263 e. The van der Waals surface area contributed by atoms with E-state index < -0.39 is 6.10 Å². The van der Waals surface area contributed by atoms with Gasteiger partial charge < -0.3 is 9.64 Å². The van der Waals surface area contributed by atoms with Crippen LogP contribution in [0.4, 0.5) is 0 Å². The van der Waals surface area contributed by atoms with E-state index in [2.05, 4.69) is 5.10 Å². The highest BCUT2D eigenvalue weighted by Gasteiger charge is 2.23. The first-order valence-electron chi connectivity index (χ1n) is 7.18. The van der Waals surface area contributed by atoms with Crippen LogP contribution in [0.2, 0.25) is 0 Å². The number of carbonyl (C=O) groups excluding carboxylic acids is 1. The van der Waals surface area contributed by atoms with Crippen molar-refractivity contribution in [1.82, 2.24) is 14.7 Å². The first-order valence-corrected chi connectivity index (χ1v) is 7.18. The second-order valence-corrected chi connectivity index (χ2v) is 5.03. The minimum Gasteiger partial charge on any atom is -0.478 e. The summed E-state index contributed by atoms with van der Waals surface area (Å²) in [5.41, 5.74) is 0. The predicted molar refractivity (Wildman–Crippen MR) is 73.0 cm³/mol. The molecule has 0 aromatic carbocycles. The van der Waals surface area contributed by atoms with E-state index in [1.807, 2.05) is 24.9 Å². The molecule has 0 aliphatic carbocycles. The van der Waals surface area contributed by atoms with Crippen LogP contribution in [-0.4, -0.2) is 39.8 Å². The number of hydrogen-bond donors (Lipinski definition) is 0. The molecule has 1 aliphatic rings. The Balaban J connectivity index is 1.90. The summed E-state index contributed by atoms with van der Waals surface area (Å²) in [5.74, 6) is 0.753. The molecule has 1 atom stereocenters. The summed E-state index contributed by atoms with van der Waals surface area (Å²) in [6.07, 6.45) is 7.71. The van der Waals surface area contributed by atoms with E-state index in [-0.39, 0.29) is 5.91 Å². The van der Waals surface area contributed by atoms with Gasteiger partial charge in [0.1, 0.15) is 0 Å². The Morgan fingerprint density at radius 2 is 2.05 bits per heavy atom. The number of ether oxygens (including phenoxy) is 1. The lowest BCUT2D eigenvalue weighted by molar-refractivity contribution is -0.137. The van der Waals surface area contributed by atoms with Crippen LogP contribution in [0.1, 0.15) is 39.5 Å². The van der Waals surface area contributed by atoms with Crippen molar-refractivity contribution in [3.05, 3.63) is 12.4 Å². The Kier molecular flexibility index (Phi) is 4.82. The highest BCUT2D eigenvalue weighted by Crippen LogP contribution is 2.14. The number of aryl methyl sites for hydroxylation is 1. The molecule has 5 nitrogen and oxygen atoms in total. The Morgan fingerprint density at radius 3 is 2.63 bits per heavy atom. The molecule has 1 aromatic heterocycles. The van der Waals surface area contributed by atoms with E-state index in [9.17, 15) is 4.79 Å². The first-order chi connectivity index (χ1) is 9.20. The lowest BCUT2D eigenvalue weighted by Gasteiger charge is -2.24. The van der Waals surface area contributed by atoms with Gasteiger partial charge in [-0.25, -0.2) is 0 Å². The monoisotopic (exact) mass is 265 g/mol. The molecule has 0 saturated carbocycles. The Labute approximate surface area is 114 Å². The summed E-state index contributed by atoms with van der Waals surface area (Å²) in [4.78, 5) is 14.2. The molecule has 0 radical (unpaired) electrons. The van der Waals surface area contributed by atoms with Gasteiger partial charge in [-0.3, -0.25) is 9.48 Å². The normalized spacial score (nSPS) is 17.9. The average Bonchev–Trinajstić information content (AvgIpc) is 2.70. The molecule has 1 amide bonds. The second-order valence-electron chi connectivity index (χ2n) is 5.03. The van der Waals surface area contributed by atoms with E-state index in [4.69, 9.17) is 4.74 Å². The summed E-state index contributed by atoms with van der Waals surface area (Å²) in [7, 11) is 0. The molecule has 1 unspecified atom stereocenters. The fourth-order valence-electron chi connectivity index (χ4n) is 2.38. The molecule has 1 aromatic rings. The van der Waals surface area contributed by atoms with Crippen LogP contribution in [0.3, 0.4) is 0 Å². The minimum atomic E-state index is -0.437. The molecule has 0 spiro atoms. The number of amides is 1. The summed E-state index contributed by atoms with van der Waals surface area (Å²) in [5, 5.41) is 4.14. The number of likely N-dealkylation sites (tertiary alicyclic amines) is 1. The van der Waals surface area contributed by atoms with Gasteiger partial charge in [-0.05, 0) is 26.7 Å². The van der Waals surface area contributed by atoms with Crippen molar-refractivity contribution in [3.63, 3.8) is 0 Å². The molecule has 1 saturated heterocycles. The van der Waals surface area contributed by atoms with Crippen molar-refractivity contribution in [1.29, 1.82) is 0 Å². The van der Waals surface area contributed by atoms with Crippen LogP contribution in [0.5, 0.6) is 5.75 Å². The van der Waals surface area contributed by atoms with Crippen LogP contribution < -0.4 is 4.74 Å². The summed E-state index contributed by atoms with van der Waals surface area (Å²) in [6.45, 7) is 6.36. The molecular weight excluding hydrogens is 242 g/mol. The van der Waals surface area contributed by atoms with E-state index >= 15 is 0 Å². The fraction of sp³-hybridized carbons (Fsp3) is 0.714. The van der Waals surface area contributed by atoms with Crippen LogP contribution in [0.25, 0.3) is 0 Å². The number of aromatic nitrogens is 2. The third kappa shape index (κ3) is 3.72. The molecule has 2 rings (SSSR count). The molecule has 0 bridgehead atoms. The zero-order chi connectivity index (χ0) is 13.7. The van der Waals surface area contributed by atoms with Crippen molar-refractivity contribution in [3.8, 4) is 5.75 Å². The van der Waals surface area contributed by atoms with Crippen LogP contribution in [0, 0.1) is 0 Å². The zero-order valence-electron chi connectivity index (χ0n) is 11.8. The van der Waals surface area contributed by atoms with Gasteiger partial charge in [-0.2, -0.15) is 5.10 Å². The van der Waals surface area contributed by atoms with Gasteiger partial charge in [-0.1, -0.05) is 12.8 Å². The number of carbonyl (C=O) groups is 1. The number of hydrogen-bond acceptors (Lipinski definition) is 3. The molecule has 1 aliphatic heterocycles. The van der Waals surface area contributed by atoms with Gasteiger partial charge in [-0.15, -0.1) is 0 Å². The smallest absolute Gasteiger partial charge is 0.263 e. The Morgan fingerprint density at radius 1 is 1.37 bits per heavy atom. The molecule has 19 heavy (non-hydrogen) atoms. The third-order valence-corrected chi connectivity index (χ3v) is 3.51. The van der Waals surface area contributed by atoms with Gasteiger partial charge in [0.25, 0.3) is 5.91 Å². The summed E-state index contributed by atoms with van der Waals surface area (Å²) in [6, 6.07) is 0. The largest absolute Gasteiger partial charge is 0.478 e. The van der Waals surface area contributed by atoms with Gasteiger partial charge in [0.05, 0.1) is 12.4 Å². The van der Waals surface area contributed by atoms with Gasteiger partial charge in [0.2, 0.25) is 0 Å². The lowest BCUT2D eigenvalue weighted by atomic mass is 10.2. The summed E-state index contributed by atoms with van der Waals surface area (Å²) < 4.78 is 7.47. The molecule has 5 heteroatoms. The molecule has 0 N–H and O–H groups in total. The molecule has 106 valence electrons. The maximum absolute atomic E-state index is 12.3. The van der Waals surface area contributed by atoms with Crippen LogP contribution in [0.15, 0.2) is 12.4 Å². The average molecular weight is 265 g/mol. The quantitative estimate of drug-likeness (QED) is 0.837. The van der Waals surface area contributed by atoms with Crippen molar-refractivity contribution in [2.45, 2.75) is 52.2 Å². The zero-order valence-corrected chi connectivity index (χ0v) is 11.8. The molecule has 2 heterocycles. The third-order valence-electron chi connectivity index (χ3n) is 3.51. The van der Waals surface area contributed by atoms with Crippen molar-refractivity contribution >= 4 is 5.91 Å². The maximum atomic E-state index is 12.3. The Bertz CT molecular complexity index is 409. The highest BCUT2D eigenvalue weighted by atomic mass is 16.5. The lowest BCUT2D eigenvalue weighted by Crippen LogP contribution is -2.40. The molecule has 1 fully saturated rings. The van der Waals surface area contributed by atoms with E-state index in [0.29, 0.717) is 5.75 Å². The Hall–Kier alpha value is -1.52. The van der Waals surface area contributed by atoms with Gasteiger partial charge >= 0.3 is 0 Å². The highest BCUT2D eigenvalue weighted by molar-refractivity contribution is 5.80. The standard InChI is InChI=1S/C14H23N3O2/c1-3-17-11-13(10-15-17)19-12(2)14(18)16-8-6-4-5-7-9-16/h10-12H,3-9H2,1-2H3. The number of rotatable bonds is 4. The van der Waals surface area contributed by atoms with Crippen molar-refractivity contribution in [2.24, 2.45) is 0 Å². The second kappa shape index (κ2) is 6.59. The van der Waals surface area contributed by atoms with E-state index in [1.54, 1.807) is 10.9 Å². The minimum absolute atomic E-state index is 0.0890. The van der Waals surface area contributed by atoms with Gasteiger partial charge in [0, 0.05) is 19.6 Å². The van der Waals surface area contributed by atoms with Gasteiger partial charge in [0.15, 0.2) is 11.9 Å². The topological polar surface area (TPSA) is 47.4 Å². The predicted octanol–water partition coefficient (Wildman–Crippen LogP) is 2.07. The van der Waals surface area contributed by atoms with E-state index in [0.717, 1.165) is 32.5 Å². The van der Waals surface area contributed by atoms with E-state index in [1.165, 1.54) is 12.8 Å².